The SMILES string of the molecule is C#CCn1cc(/C=C2\C(=O)N(c3c(Cl)cccc3Cl)c3ccccc32)c2ccccc21. The number of terminal acetylenes is 1. The lowest BCUT2D eigenvalue weighted by Gasteiger charge is -2.20. The fourth-order valence-corrected chi connectivity index (χ4v) is 4.65. The number of hydrogen-bond donors (Lipinski definition) is 0. The van der Waals surface area contributed by atoms with Crippen LogP contribution in [0.25, 0.3) is 22.6 Å². The molecule has 0 saturated heterocycles. The number of hydrogen-bond acceptors (Lipinski definition) is 1. The van der Waals surface area contributed by atoms with Crippen LogP contribution in [0.1, 0.15) is 11.1 Å². The van der Waals surface area contributed by atoms with Crippen LogP contribution in [0.2, 0.25) is 10.0 Å². The lowest BCUT2D eigenvalue weighted by atomic mass is 10.0. The fourth-order valence-electron chi connectivity index (χ4n) is 4.08. The van der Waals surface area contributed by atoms with E-state index < -0.39 is 0 Å². The predicted molar refractivity (Wildman–Crippen MR) is 129 cm³/mol. The summed E-state index contributed by atoms with van der Waals surface area (Å²) in [5.41, 5.74) is 4.60. The van der Waals surface area contributed by atoms with Crippen LogP contribution in [-0.2, 0) is 11.3 Å². The summed E-state index contributed by atoms with van der Waals surface area (Å²) in [5, 5.41) is 1.87. The number of amides is 1. The molecule has 1 aromatic heterocycles. The molecule has 150 valence electrons. The molecule has 4 aromatic rings. The molecule has 0 radical (unpaired) electrons. The van der Waals surface area contributed by atoms with Crippen molar-refractivity contribution in [3.05, 3.63) is 94.1 Å². The molecule has 5 heteroatoms. The summed E-state index contributed by atoms with van der Waals surface area (Å²) >= 11 is 12.9. The molecule has 0 fully saturated rings. The normalized spacial score (nSPS) is 14.3. The van der Waals surface area contributed by atoms with Gasteiger partial charge in [-0.1, -0.05) is 71.6 Å². The number of rotatable bonds is 3. The first-order valence-corrected chi connectivity index (χ1v) is 10.5. The first kappa shape index (κ1) is 19.5. The topological polar surface area (TPSA) is 25.2 Å². The molecular formula is C26H16Cl2N2O. The van der Waals surface area contributed by atoms with Gasteiger partial charge in [-0.3, -0.25) is 9.69 Å². The van der Waals surface area contributed by atoms with Crippen LogP contribution in [0, 0.1) is 12.3 Å². The third kappa shape index (κ3) is 3.13. The van der Waals surface area contributed by atoms with E-state index in [1.807, 2.05) is 65.4 Å². The van der Waals surface area contributed by atoms with Crippen molar-refractivity contribution in [2.45, 2.75) is 6.54 Å². The maximum absolute atomic E-state index is 13.6. The van der Waals surface area contributed by atoms with Crippen molar-refractivity contribution >= 4 is 63.0 Å². The number of carbonyl (C=O) groups excluding carboxylic acids is 1. The van der Waals surface area contributed by atoms with Gasteiger partial charge in [0.25, 0.3) is 5.91 Å². The zero-order valence-electron chi connectivity index (χ0n) is 16.3. The van der Waals surface area contributed by atoms with Crippen LogP contribution in [-0.4, -0.2) is 10.5 Å². The lowest BCUT2D eigenvalue weighted by molar-refractivity contribution is -0.112. The number of halogens is 2. The highest BCUT2D eigenvalue weighted by Gasteiger charge is 2.35. The van der Waals surface area contributed by atoms with Crippen LogP contribution in [0.15, 0.2) is 72.9 Å². The monoisotopic (exact) mass is 442 g/mol. The summed E-state index contributed by atoms with van der Waals surface area (Å²) in [7, 11) is 0. The van der Waals surface area contributed by atoms with Crippen LogP contribution in [0.5, 0.6) is 0 Å². The summed E-state index contributed by atoms with van der Waals surface area (Å²) in [6, 6.07) is 20.9. The second kappa shape index (κ2) is 7.67. The second-order valence-corrected chi connectivity index (χ2v) is 8.03. The van der Waals surface area contributed by atoms with Gasteiger partial charge in [0.15, 0.2) is 0 Å². The highest BCUT2D eigenvalue weighted by Crippen LogP contribution is 2.47. The van der Waals surface area contributed by atoms with Crippen LogP contribution in [0.3, 0.4) is 0 Å². The van der Waals surface area contributed by atoms with Crippen molar-refractivity contribution in [2.24, 2.45) is 0 Å². The molecule has 0 atom stereocenters. The Morgan fingerprint density at radius 3 is 2.42 bits per heavy atom. The quantitative estimate of drug-likeness (QED) is 0.253. The van der Waals surface area contributed by atoms with Crippen molar-refractivity contribution in [3.8, 4) is 12.3 Å². The van der Waals surface area contributed by atoms with Gasteiger partial charge in [0.05, 0.1) is 33.5 Å². The van der Waals surface area contributed by atoms with E-state index in [1.54, 1.807) is 23.1 Å². The van der Waals surface area contributed by atoms with E-state index in [0.29, 0.717) is 27.9 Å². The van der Waals surface area contributed by atoms with Crippen molar-refractivity contribution < 1.29 is 4.79 Å². The molecular weight excluding hydrogens is 427 g/mol. The summed E-state index contributed by atoms with van der Waals surface area (Å²) in [6.45, 7) is 0.454. The van der Waals surface area contributed by atoms with Gasteiger partial charge in [-0.25, -0.2) is 0 Å². The maximum atomic E-state index is 13.6. The number of aromatic nitrogens is 1. The number of anilines is 2. The van der Waals surface area contributed by atoms with Crippen LogP contribution >= 0.6 is 23.2 Å². The third-order valence-corrected chi connectivity index (χ3v) is 6.02. The van der Waals surface area contributed by atoms with Gasteiger partial charge in [-0.2, -0.15) is 0 Å². The summed E-state index contributed by atoms with van der Waals surface area (Å²) in [4.78, 5) is 15.2. The molecule has 0 saturated carbocycles. The molecule has 0 spiro atoms. The molecule has 1 aliphatic rings. The molecule has 5 rings (SSSR count). The van der Waals surface area contributed by atoms with Gasteiger partial charge >= 0.3 is 0 Å². The number of benzene rings is 3. The van der Waals surface area contributed by atoms with Crippen molar-refractivity contribution in [2.75, 3.05) is 4.90 Å². The molecule has 0 N–H and O–H groups in total. The predicted octanol–water partition coefficient (Wildman–Crippen LogP) is 6.80. The van der Waals surface area contributed by atoms with Gasteiger partial charge in [-0.15, -0.1) is 6.42 Å². The van der Waals surface area contributed by atoms with E-state index in [1.165, 1.54) is 0 Å². The van der Waals surface area contributed by atoms with E-state index in [2.05, 4.69) is 5.92 Å². The van der Waals surface area contributed by atoms with Gasteiger partial charge in [0, 0.05) is 28.2 Å². The van der Waals surface area contributed by atoms with Crippen LogP contribution < -0.4 is 4.90 Å². The molecule has 1 aliphatic heterocycles. The highest BCUT2D eigenvalue weighted by molar-refractivity contribution is 6.45. The molecule has 2 heterocycles. The summed E-state index contributed by atoms with van der Waals surface area (Å²) in [5.74, 6) is 2.51. The number of fused-ring (bicyclic) bond motifs is 2. The molecule has 1 amide bonds. The van der Waals surface area contributed by atoms with Gasteiger partial charge in [0.1, 0.15) is 0 Å². The number of carbonyl (C=O) groups is 1. The minimum Gasteiger partial charge on any atom is -0.335 e. The van der Waals surface area contributed by atoms with Crippen molar-refractivity contribution in [1.82, 2.24) is 4.57 Å². The maximum Gasteiger partial charge on any atom is 0.263 e. The molecule has 3 aromatic carbocycles. The molecule has 31 heavy (non-hydrogen) atoms. The Morgan fingerprint density at radius 2 is 1.65 bits per heavy atom. The molecule has 0 bridgehead atoms. The summed E-state index contributed by atoms with van der Waals surface area (Å²) < 4.78 is 2.01. The Bertz CT molecular complexity index is 1400. The van der Waals surface area contributed by atoms with E-state index in [9.17, 15) is 4.79 Å². The van der Waals surface area contributed by atoms with Crippen LogP contribution in [0.4, 0.5) is 11.4 Å². The zero-order chi connectivity index (χ0) is 21.5. The van der Waals surface area contributed by atoms with Gasteiger partial charge < -0.3 is 4.57 Å². The molecule has 0 unspecified atom stereocenters. The van der Waals surface area contributed by atoms with E-state index in [-0.39, 0.29) is 5.91 Å². The Kier molecular flexibility index (Phi) is 4.82. The number of para-hydroxylation sites is 3. The molecule has 3 nitrogen and oxygen atoms in total. The standard InChI is InChI=1S/C26H16Cl2N2O/c1-2-14-29-16-17(18-8-3-5-12-23(18)29)15-20-19-9-4-6-13-24(19)30(26(20)31)25-21(27)10-7-11-22(25)28/h1,3-13,15-16H,14H2/b20-15-. The lowest BCUT2D eigenvalue weighted by Crippen LogP contribution is -2.21. The fraction of sp³-hybridized carbons (Fsp3) is 0.0385. The van der Waals surface area contributed by atoms with E-state index >= 15 is 0 Å². The average molecular weight is 443 g/mol. The Hall–Kier alpha value is -3.45. The average Bonchev–Trinajstić information content (AvgIpc) is 3.25. The minimum atomic E-state index is -0.176. The Balaban J connectivity index is 1.72. The Morgan fingerprint density at radius 1 is 0.935 bits per heavy atom. The first-order chi connectivity index (χ1) is 15.1. The smallest absolute Gasteiger partial charge is 0.263 e. The van der Waals surface area contributed by atoms with Crippen molar-refractivity contribution in [1.29, 1.82) is 0 Å². The highest BCUT2D eigenvalue weighted by atomic mass is 35.5. The number of nitrogens with zero attached hydrogens (tertiary/aromatic N) is 2. The zero-order valence-corrected chi connectivity index (χ0v) is 17.9. The van der Waals surface area contributed by atoms with Crippen molar-refractivity contribution in [3.63, 3.8) is 0 Å². The van der Waals surface area contributed by atoms with E-state index in [0.717, 1.165) is 27.7 Å². The minimum absolute atomic E-state index is 0.176. The second-order valence-electron chi connectivity index (χ2n) is 7.22. The Labute approximate surface area is 190 Å². The third-order valence-electron chi connectivity index (χ3n) is 5.41. The summed E-state index contributed by atoms with van der Waals surface area (Å²) in [6.07, 6.45) is 9.45. The van der Waals surface area contributed by atoms with Gasteiger partial charge in [-0.05, 0) is 30.3 Å². The largest absolute Gasteiger partial charge is 0.335 e. The first-order valence-electron chi connectivity index (χ1n) is 9.71. The molecule has 0 aliphatic carbocycles. The van der Waals surface area contributed by atoms with Gasteiger partial charge in [0.2, 0.25) is 0 Å². The van der Waals surface area contributed by atoms with E-state index in [4.69, 9.17) is 29.6 Å².